The molecule has 1 heterocycles. The Morgan fingerprint density at radius 1 is 1.27 bits per heavy atom. The minimum absolute atomic E-state index is 0.0997. The van der Waals surface area contributed by atoms with Crippen LogP contribution in [0.3, 0.4) is 0 Å². The molecule has 26 heavy (non-hydrogen) atoms. The molecule has 2 rings (SSSR count). The minimum Gasteiger partial charge on any atom is -0.452 e. The molecule has 1 amide bonds. The van der Waals surface area contributed by atoms with Gasteiger partial charge in [-0.1, -0.05) is 12.1 Å². The lowest BCUT2D eigenvalue weighted by Crippen LogP contribution is -2.22. The number of hydrogen-bond donors (Lipinski definition) is 1. The second kappa shape index (κ2) is 7.81. The van der Waals surface area contributed by atoms with Crippen molar-refractivity contribution in [2.45, 2.75) is 34.2 Å². The number of carbonyl (C=O) groups excluding carboxylic acids is 2. The fraction of sp³-hybridized carbons (Fsp3) is 0.333. The van der Waals surface area contributed by atoms with E-state index in [1.54, 1.807) is 19.1 Å². The molecule has 0 fully saturated rings. The molecule has 0 saturated carbocycles. The molecule has 1 aromatic heterocycles. The van der Waals surface area contributed by atoms with Gasteiger partial charge in [-0.15, -0.1) is 0 Å². The predicted octanol–water partition coefficient (Wildman–Crippen LogP) is 3.14. The molecule has 0 spiro atoms. The average molecular weight is 359 g/mol. The Morgan fingerprint density at radius 2 is 1.96 bits per heavy atom. The molecule has 8 nitrogen and oxygen atoms in total. The number of ether oxygens (including phenoxy) is 1. The van der Waals surface area contributed by atoms with Gasteiger partial charge in [-0.25, -0.2) is 4.79 Å². The Morgan fingerprint density at radius 3 is 2.54 bits per heavy atom. The van der Waals surface area contributed by atoms with E-state index in [0.29, 0.717) is 11.1 Å². The van der Waals surface area contributed by atoms with Gasteiger partial charge in [0.05, 0.1) is 10.5 Å². The standard InChI is InChI=1S/C18H21N3O5/c1-5-20-12(3)9-14(13(20)4)18(23)26-10-16(22)19-17-11(2)7-6-8-15(17)21(24)25/h6-9H,5,10H2,1-4H3,(H,19,22). The molecule has 0 bridgehead atoms. The topological polar surface area (TPSA) is 103 Å². The van der Waals surface area contributed by atoms with Gasteiger partial charge in [0.15, 0.2) is 6.61 Å². The number of nitrogens with one attached hydrogen (secondary N) is 1. The number of amides is 1. The van der Waals surface area contributed by atoms with E-state index >= 15 is 0 Å². The quantitative estimate of drug-likeness (QED) is 0.485. The van der Waals surface area contributed by atoms with Crippen LogP contribution in [0.2, 0.25) is 0 Å². The van der Waals surface area contributed by atoms with Crippen LogP contribution in [0.5, 0.6) is 0 Å². The third-order valence-electron chi connectivity index (χ3n) is 4.16. The van der Waals surface area contributed by atoms with Crippen LogP contribution in [-0.2, 0) is 16.1 Å². The zero-order chi connectivity index (χ0) is 19.4. The maximum atomic E-state index is 12.2. The molecule has 1 aromatic carbocycles. The van der Waals surface area contributed by atoms with Gasteiger partial charge in [0.1, 0.15) is 5.69 Å². The number of aryl methyl sites for hydroxylation is 2. The van der Waals surface area contributed by atoms with Crippen LogP contribution in [0.4, 0.5) is 11.4 Å². The summed E-state index contributed by atoms with van der Waals surface area (Å²) < 4.78 is 7.03. The van der Waals surface area contributed by atoms with E-state index in [0.717, 1.165) is 17.9 Å². The fourth-order valence-corrected chi connectivity index (χ4v) is 2.85. The lowest BCUT2D eigenvalue weighted by atomic mass is 10.1. The summed E-state index contributed by atoms with van der Waals surface area (Å²) in [6.07, 6.45) is 0. The molecule has 2 aromatic rings. The molecule has 0 aliphatic rings. The molecule has 0 radical (unpaired) electrons. The third-order valence-corrected chi connectivity index (χ3v) is 4.16. The van der Waals surface area contributed by atoms with Crippen molar-refractivity contribution in [3.05, 3.63) is 56.9 Å². The summed E-state index contributed by atoms with van der Waals surface area (Å²) in [6, 6.07) is 6.19. The van der Waals surface area contributed by atoms with Gasteiger partial charge < -0.3 is 14.6 Å². The lowest BCUT2D eigenvalue weighted by molar-refractivity contribution is -0.384. The van der Waals surface area contributed by atoms with Crippen LogP contribution in [-0.4, -0.2) is 28.0 Å². The van der Waals surface area contributed by atoms with Crippen molar-refractivity contribution in [1.29, 1.82) is 0 Å². The number of nitrogens with zero attached hydrogens (tertiary/aromatic N) is 2. The van der Waals surface area contributed by atoms with Crippen LogP contribution in [0.25, 0.3) is 0 Å². The van der Waals surface area contributed by atoms with Crippen LogP contribution < -0.4 is 5.32 Å². The van der Waals surface area contributed by atoms with Gasteiger partial charge in [-0.2, -0.15) is 0 Å². The molecular weight excluding hydrogens is 338 g/mol. The molecule has 0 unspecified atom stereocenters. The number of carbonyl (C=O) groups is 2. The molecule has 0 aliphatic heterocycles. The second-order valence-corrected chi connectivity index (χ2v) is 5.88. The summed E-state index contributed by atoms with van der Waals surface area (Å²) in [5.74, 6) is -1.24. The van der Waals surface area contributed by atoms with E-state index in [9.17, 15) is 19.7 Å². The first-order valence-electron chi connectivity index (χ1n) is 8.14. The Hall–Kier alpha value is -3.16. The lowest BCUT2D eigenvalue weighted by Gasteiger charge is -2.09. The van der Waals surface area contributed by atoms with Gasteiger partial charge in [0.25, 0.3) is 11.6 Å². The normalized spacial score (nSPS) is 10.5. The molecular formula is C18H21N3O5. The SMILES string of the molecule is CCn1c(C)cc(C(=O)OCC(=O)Nc2c(C)cccc2[N+](=O)[O-])c1C. The highest BCUT2D eigenvalue weighted by molar-refractivity contribution is 5.97. The smallest absolute Gasteiger partial charge is 0.340 e. The zero-order valence-electron chi connectivity index (χ0n) is 15.2. The van der Waals surface area contributed by atoms with Gasteiger partial charge >= 0.3 is 5.97 Å². The number of esters is 1. The fourth-order valence-electron chi connectivity index (χ4n) is 2.85. The molecule has 0 saturated heterocycles. The van der Waals surface area contributed by atoms with Gasteiger partial charge in [0, 0.05) is 24.0 Å². The largest absolute Gasteiger partial charge is 0.452 e. The van der Waals surface area contributed by atoms with Gasteiger partial charge in [0.2, 0.25) is 0 Å². The van der Waals surface area contributed by atoms with Gasteiger partial charge in [-0.3, -0.25) is 14.9 Å². The van der Waals surface area contributed by atoms with Crippen LogP contribution in [0.1, 0.15) is 34.2 Å². The number of benzene rings is 1. The molecule has 8 heteroatoms. The number of aromatic nitrogens is 1. The summed E-state index contributed by atoms with van der Waals surface area (Å²) in [6.45, 7) is 7.51. The first-order valence-corrected chi connectivity index (χ1v) is 8.14. The van der Waals surface area contributed by atoms with Crippen molar-refractivity contribution < 1.29 is 19.2 Å². The van der Waals surface area contributed by atoms with Crippen LogP contribution in [0, 0.1) is 30.9 Å². The minimum atomic E-state index is -0.639. The molecule has 0 aliphatic carbocycles. The van der Waals surface area contributed by atoms with Crippen LogP contribution >= 0.6 is 0 Å². The van der Waals surface area contributed by atoms with Gasteiger partial charge in [-0.05, 0) is 39.3 Å². The highest BCUT2D eigenvalue weighted by atomic mass is 16.6. The number of nitro groups is 1. The van der Waals surface area contributed by atoms with Crippen LogP contribution in [0.15, 0.2) is 24.3 Å². The molecule has 0 atom stereocenters. The highest BCUT2D eigenvalue weighted by Crippen LogP contribution is 2.27. The van der Waals surface area contributed by atoms with Crippen molar-refractivity contribution in [2.24, 2.45) is 0 Å². The predicted molar refractivity (Wildman–Crippen MR) is 96.3 cm³/mol. The van der Waals surface area contributed by atoms with Crippen molar-refractivity contribution in [3.8, 4) is 0 Å². The van der Waals surface area contributed by atoms with E-state index in [2.05, 4.69) is 5.32 Å². The van der Waals surface area contributed by atoms with E-state index < -0.39 is 23.4 Å². The Balaban J connectivity index is 2.06. The summed E-state index contributed by atoms with van der Waals surface area (Å²) in [7, 11) is 0. The van der Waals surface area contributed by atoms with E-state index in [-0.39, 0.29) is 11.4 Å². The first kappa shape index (κ1) is 19.2. The monoisotopic (exact) mass is 359 g/mol. The van der Waals surface area contributed by atoms with E-state index in [4.69, 9.17) is 4.74 Å². The maximum absolute atomic E-state index is 12.2. The Kier molecular flexibility index (Phi) is 5.76. The zero-order valence-corrected chi connectivity index (χ0v) is 15.2. The Labute approximate surface area is 150 Å². The van der Waals surface area contributed by atoms with E-state index in [1.165, 1.54) is 12.1 Å². The molecule has 1 N–H and O–H groups in total. The number of para-hydroxylation sites is 1. The number of hydrogen-bond acceptors (Lipinski definition) is 5. The second-order valence-electron chi connectivity index (χ2n) is 5.88. The summed E-state index contributed by atoms with van der Waals surface area (Å²) in [5.41, 5.74) is 2.53. The number of rotatable bonds is 6. The third kappa shape index (κ3) is 3.90. The number of anilines is 1. The average Bonchev–Trinajstić information content (AvgIpc) is 2.88. The first-order chi connectivity index (χ1) is 12.3. The summed E-state index contributed by atoms with van der Waals surface area (Å²) >= 11 is 0. The summed E-state index contributed by atoms with van der Waals surface area (Å²) in [4.78, 5) is 34.8. The Bertz CT molecular complexity index is 870. The van der Waals surface area contributed by atoms with Crippen molar-refractivity contribution in [3.63, 3.8) is 0 Å². The highest BCUT2D eigenvalue weighted by Gasteiger charge is 2.20. The van der Waals surface area contributed by atoms with E-state index in [1.807, 2.05) is 25.3 Å². The van der Waals surface area contributed by atoms with Crippen molar-refractivity contribution >= 4 is 23.3 Å². The number of nitro benzene ring substituents is 1. The summed E-state index contributed by atoms with van der Waals surface area (Å²) in [5, 5.41) is 13.5. The molecule has 138 valence electrons. The van der Waals surface area contributed by atoms with Crippen molar-refractivity contribution in [1.82, 2.24) is 4.57 Å². The van der Waals surface area contributed by atoms with Crippen molar-refractivity contribution in [2.75, 3.05) is 11.9 Å². The maximum Gasteiger partial charge on any atom is 0.340 e.